The highest BCUT2D eigenvalue weighted by molar-refractivity contribution is 5.87. The first-order chi connectivity index (χ1) is 14.9. The largest absolute Gasteiger partial charge is 0.352 e. The van der Waals surface area contributed by atoms with Crippen LogP contribution in [0.3, 0.4) is 0 Å². The molecule has 3 N–H and O–H groups in total. The van der Waals surface area contributed by atoms with Crippen LogP contribution in [-0.2, 0) is 11.3 Å². The molecule has 0 aliphatic heterocycles. The summed E-state index contributed by atoms with van der Waals surface area (Å²) in [4.78, 5) is 24.6. The Labute approximate surface area is 187 Å². The zero-order chi connectivity index (χ0) is 22.6. The summed E-state index contributed by atoms with van der Waals surface area (Å²) in [6.45, 7) is 9.67. The summed E-state index contributed by atoms with van der Waals surface area (Å²) in [5.41, 5.74) is 6.06. The first kappa shape index (κ1) is 24.9. The van der Waals surface area contributed by atoms with Gasteiger partial charge in [0.1, 0.15) is 0 Å². The summed E-state index contributed by atoms with van der Waals surface area (Å²) >= 11 is 0. The third kappa shape index (κ3) is 8.72. The number of nitrogens with one attached hydrogen (secondary N) is 3. The number of nitrogens with zero attached hydrogens (tertiary/aromatic N) is 1. The van der Waals surface area contributed by atoms with Gasteiger partial charge in [-0.2, -0.15) is 5.10 Å². The molecule has 0 radical (unpaired) electrons. The third-order valence-electron chi connectivity index (χ3n) is 6.34. The maximum Gasteiger partial charge on any atom is 0.335 e. The van der Waals surface area contributed by atoms with E-state index in [-0.39, 0.29) is 17.9 Å². The van der Waals surface area contributed by atoms with Crippen LogP contribution in [0.5, 0.6) is 0 Å². The second-order valence-corrected chi connectivity index (χ2v) is 8.91. The molecule has 1 saturated carbocycles. The Hall–Kier alpha value is -2.37. The maximum atomic E-state index is 12.5. The molecule has 1 aromatic carbocycles. The van der Waals surface area contributed by atoms with E-state index in [1.165, 1.54) is 5.56 Å². The van der Waals surface area contributed by atoms with Crippen molar-refractivity contribution in [2.45, 2.75) is 79.2 Å². The molecular weight excluding hydrogens is 388 g/mol. The van der Waals surface area contributed by atoms with Gasteiger partial charge in [0.25, 0.3) is 0 Å². The van der Waals surface area contributed by atoms with Gasteiger partial charge in [0.2, 0.25) is 5.91 Å². The molecule has 6 nitrogen and oxygen atoms in total. The summed E-state index contributed by atoms with van der Waals surface area (Å²) in [6.07, 6.45) is 6.62. The highest BCUT2D eigenvalue weighted by Crippen LogP contribution is 2.28. The molecular formula is C25H40N4O2. The normalized spacial score (nSPS) is 20.1. The van der Waals surface area contributed by atoms with Gasteiger partial charge in [0.15, 0.2) is 0 Å². The molecule has 172 valence electrons. The second kappa shape index (κ2) is 13.1. The van der Waals surface area contributed by atoms with E-state index in [1.807, 2.05) is 0 Å². The van der Waals surface area contributed by atoms with Crippen molar-refractivity contribution in [3.8, 4) is 0 Å². The van der Waals surface area contributed by atoms with Crippen molar-refractivity contribution in [3.05, 3.63) is 35.4 Å². The minimum Gasteiger partial charge on any atom is -0.352 e. The maximum absolute atomic E-state index is 12.5. The van der Waals surface area contributed by atoms with Crippen molar-refractivity contribution in [1.29, 1.82) is 0 Å². The van der Waals surface area contributed by atoms with Gasteiger partial charge in [-0.3, -0.25) is 4.79 Å². The van der Waals surface area contributed by atoms with E-state index in [4.69, 9.17) is 0 Å². The topological polar surface area (TPSA) is 82.6 Å². The van der Waals surface area contributed by atoms with Crippen LogP contribution in [0.1, 0.15) is 76.8 Å². The fraction of sp³-hybridized carbons (Fsp3) is 0.640. The van der Waals surface area contributed by atoms with E-state index in [0.717, 1.165) is 56.2 Å². The lowest BCUT2D eigenvalue weighted by molar-refractivity contribution is -0.126. The van der Waals surface area contributed by atoms with Crippen LogP contribution in [-0.4, -0.2) is 24.2 Å². The number of benzene rings is 1. The van der Waals surface area contributed by atoms with Crippen LogP contribution in [0.15, 0.2) is 29.4 Å². The average molecular weight is 429 g/mol. The molecule has 0 bridgehead atoms. The number of hydrazone groups is 1. The molecule has 1 fully saturated rings. The molecule has 1 atom stereocenters. The molecule has 0 saturated heterocycles. The van der Waals surface area contributed by atoms with Crippen LogP contribution in [0, 0.1) is 24.7 Å². The molecule has 3 amide bonds. The quantitative estimate of drug-likeness (QED) is 0.365. The number of hydrogen-bond acceptors (Lipinski definition) is 3. The minimum atomic E-state index is -0.241. The molecule has 1 aromatic rings. The summed E-state index contributed by atoms with van der Waals surface area (Å²) in [5.74, 6) is 1.02. The zero-order valence-corrected chi connectivity index (χ0v) is 19.7. The van der Waals surface area contributed by atoms with Crippen LogP contribution < -0.4 is 16.1 Å². The van der Waals surface area contributed by atoms with Gasteiger partial charge in [-0.05, 0) is 62.8 Å². The SMILES string of the molecule is CCC/C(=N\NC(=O)NCC1CCC(C(=O)NCc2ccc(C)cc2)CC1)[C@@H](C)CC. The smallest absolute Gasteiger partial charge is 0.335 e. The van der Waals surface area contributed by atoms with E-state index in [1.54, 1.807) is 0 Å². The first-order valence-corrected chi connectivity index (χ1v) is 11.9. The summed E-state index contributed by atoms with van der Waals surface area (Å²) < 4.78 is 0. The molecule has 31 heavy (non-hydrogen) atoms. The molecule has 0 aromatic heterocycles. The van der Waals surface area contributed by atoms with Crippen LogP contribution >= 0.6 is 0 Å². The molecule has 6 heteroatoms. The summed E-state index contributed by atoms with van der Waals surface area (Å²) in [6, 6.07) is 8.00. The monoisotopic (exact) mass is 428 g/mol. The Morgan fingerprint density at radius 2 is 1.74 bits per heavy atom. The Morgan fingerprint density at radius 1 is 1.06 bits per heavy atom. The van der Waals surface area contributed by atoms with E-state index < -0.39 is 0 Å². The second-order valence-electron chi connectivity index (χ2n) is 8.91. The van der Waals surface area contributed by atoms with Gasteiger partial charge >= 0.3 is 6.03 Å². The standard InChI is InChI=1S/C25H40N4O2/c1-5-7-23(19(4)6-2)28-29-25(31)27-17-21-12-14-22(15-13-21)24(30)26-16-20-10-8-18(3)9-11-20/h8-11,19,21-22H,5-7,12-17H2,1-4H3,(H,26,30)(H2,27,29,31)/b28-23+/t19-,21?,22?/m0/s1. The minimum absolute atomic E-state index is 0.0762. The van der Waals surface area contributed by atoms with Gasteiger partial charge in [-0.25, -0.2) is 10.2 Å². The first-order valence-electron chi connectivity index (χ1n) is 11.9. The fourth-order valence-corrected chi connectivity index (χ4v) is 3.97. The van der Waals surface area contributed by atoms with Gasteiger partial charge in [0.05, 0.1) is 0 Å². The Balaban J connectivity index is 1.67. The molecule has 2 rings (SSSR count). The predicted octanol–water partition coefficient (Wildman–Crippen LogP) is 4.92. The van der Waals surface area contributed by atoms with Crippen LogP contribution in [0.25, 0.3) is 0 Å². The lowest BCUT2D eigenvalue weighted by Crippen LogP contribution is -2.39. The van der Waals surface area contributed by atoms with Crippen molar-refractivity contribution >= 4 is 17.6 Å². The van der Waals surface area contributed by atoms with E-state index in [2.05, 4.69) is 73.1 Å². The number of carbonyl (C=O) groups excluding carboxylic acids is 2. The number of carbonyl (C=O) groups is 2. The van der Waals surface area contributed by atoms with Crippen LogP contribution in [0.4, 0.5) is 4.79 Å². The number of rotatable bonds is 10. The van der Waals surface area contributed by atoms with E-state index in [0.29, 0.717) is 24.9 Å². The van der Waals surface area contributed by atoms with Crippen molar-refractivity contribution in [2.75, 3.05) is 6.54 Å². The Bertz CT molecular complexity index is 722. The van der Waals surface area contributed by atoms with Gasteiger partial charge < -0.3 is 10.6 Å². The number of aryl methyl sites for hydroxylation is 1. The Kier molecular flexibility index (Phi) is 10.5. The van der Waals surface area contributed by atoms with Crippen LogP contribution in [0.2, 0.25) is 0 Å². The molecule has 0 heterocycles. The predicted molar refractivity (Wildman–Crippen MR) is 127 cm³/mol. The zero-order valence-electron chi connectivity index (χ0n) is 19.7. The van der Waals surface area contributed by atoms with Crippen molar-refractivity contribution in [2.24, 2.45) is 22.9 Å². The van der Waals surface area contributed by atoms with Crippen molar-refractivity contribution < 1.29 is 9.59 Å². The molecule has 1 aliphatic carbocycles. The summed E-state index contributed by atoms with van der Waals surface area (Å²) in [7, 11) is 0. The van der Waals surface area contributed by atoms with Gasteiger partial charge in [-0.1, -0.05) is 57.0 Å². The average Bonchev–Trinajstić information content (AvgIpc) is 2.79. The van der Waals surface area contributed by atoms with E-state index in [9.17, 15) is 9.59 Å². The summed E-state index contributed by atoms with van der Waals surface area (Å²) in [5, 5.41) is 10.4. The highest BCUT2D eigenvalue weighted by atomic mass is 16.2. The molecule has 0 unspecified atom stereocenters. The molecule has 1 aliphatic rings. The lowest BCUT2D eigenvalue weighted by Gasteiger charge is -2.27. The Morgan fingerprint density at radius 3 is 2.35 bits per heavy atom. The fourth-order valence-electron chi connectivity index (χ4n) is 3.97. The third-order valence-corrected chi connectivity index (χ3v) is 6.34. The van der Waals surface area contributed by atoms with Gasteiger partial charge in [-0.15, -0.1) is 0 Å². The number of amides is 3. The van der Waals surface area contributed by atoms with Gasteiger partial charge in [0, 0.05) is 24.7 Å². The van der Waals surface area contributed by atoms with Crippen molar-refractivity contribution in [1.82, 2.24) is 16.1 Å². The highest BCUT2D eigenvalue weighted by Gasteiger charge is 2.26. The van der Waals surface area contributed by atoms with E-state index >= 15 is 0 Å². The number of hydrogen-bond donors (Lipinski definition) is 3. The van der Waals surface area contributed by atoms with Crippen molar-refractivity contribution in [3.63, 3.8) is 0 Å². The lowest BCUT2D eigenvalue weighted by atomic mass is 9.81. The molecule has 0 spiro atoms. The number of urea groups is 1.